The van der Waals surface area contributed by atoms with Crippen LogP contribution in [0.2, 0.25) is 5.02 Å². The van der Waals surface area contributed by atoms with E-state index in [1.807, 2.05) is 0 Å². The Morgan fingerprint density at radius 2 is 1.60 bits per heavy atom. The van der Waals surface area contributed by atoms with Gasteiger partial charge in [0, 0.05) is 11.4 Å². The summed E-state index contributed by atoms with van der Waals surface area (Å²) < 4.78 is 0. The number of amides is 1. The van der Waals surface area contributed by atoms with Crippen LogP contribution in [0.3, 0.4) is 0 Å². The summed E-state index contributed by atoms with van der Waals surface area (Å²) in [7, 11) is 0. The normalized spacial score (nSPS) is 10.8. The number of carbonyl (C=O) groups excluding carboxylic acids is 2. The summed E-state index contributed by atoms with van der Waals surface area (Å²) in [5.74, 6) is -1.59. The van der Waals surface area contributed by atoms with Crippen LogP contribution in [0.25, 0.3) is 0 Å². The minimum atomic E-state index is -1.11. The van der Waals surface area contributed by atoms with Crippen LogP contribution in [0.4, 0.5) is 5.69 Å². The third kappa shape index (κ3) is 9.52. The number of nitrogens with zero attached hydrogens (tertiary/aromatic N) is 1. The molecule has 0 spiro atoms. The molecule has 30 heavy (non-hydrogen) atoms. The van der Waals surface area contributed by atoms with Crippen molar-refractivity contribution < 1.29 is 19.5 Å². The van der Waals surface area contributed by atoms with Gasteiger partial charge in [-0.05, 0) is 37.5 Å². The number of aliphatic carboxylic acids is 1. The molecule has 0 unspecified atom stereocenters. The fraction of sp³-hybridized carbons (Fsp3) is 0.609. The molecule has 1 amide bonds. The topological polar surface area (TPSA) is 74.7 Å². The van der Waals surface area contributed by atoms with Crippen LogP contribution in [0, 0.1) is 13.8 Å². The van der Waals surface area contributed by atoms with Crippen molar-refractivity contribution in [3.8, 4) is 0 Å². The smallest absolute Gasteiger partial charge is 0.323 e. The van der Waals surface area contributed by atoms with E-state index in [2.05, 4.69) is 6.92 Å². The first-order chi connectivity index (χ1) is 14.3. The number of carboxylic acids is 1. The van der Waals surface area contributed by atoms with Crippen molar-refractivity contribution in [1.82, 2.24) is 0 Å². The molecule has 0 atom stereocenters. The molecule has 0 heterocycles. The summed E-state index contributed by atoms with van der Waals surface area (Å²) in [6, 6.07) is 3.48. The summed E-state index contributed by atoms with van der Waals surface area (Å²) >= 11 is 7.14. The predicted molar refractivity (Wildman–Crippen MR) is 126 cm³/mol. The first kappa shape index (κ1) is 26.5. The quantitative estimate of drug-likeness (QED) is 0.340. The Hall–Kier alpha value is -1.53. The molecule has 0 bridgehead atoms. The Morgan fingerprint density at radius 3 is 2.20 bits per heavy atom. The zero-order valence-electron chi connectivity index (χ0n) is 18.3. The van der Waals surface area contributed by atoms with Gasteiger partial charge in [0.1, 0.15) is 6.54 Å². The summed E-state index contributed by atoms with van der Waals surface area (Å²) in [6.45, 7) is 5.30. The van der Waals surface area contributed by atoms with Crippen LogP contribution in [0.15, 0.2) is 12.1 Å². The number of carboxylic acid groups (broad SMARTS) is 1. The van der Waals surface area contributed by atoms with E-state index in [9.17, 15) is 19.5 Å². The number of rotatable bonds is 14. The second-order valence-corrected chi connectivity index (χ2v) is 9.04. The maximum Gasteiger partial charge on any atom is 0.323 e. The molecule has 7 heteroatoms. The van der Waals surface area contributed by atoms with Crippen LogP contribution < -0.4 is 4.90 Å². The predicted octanol–water partition coefficient (Wildman–Crippen LogP) is 6.17. The molecule has 0 aromatic heterocycles. The van der Waals surface area contributed by atoms with E-state index in [0.29, 0.717) is 22.7 Å². The number of hydrogen-bond donors (Lipinski definition) is 1. The molecule has 0 aliphatic carbocycles. The highest BCUT2D eigenvalue weighted by atomic mass is 35.5. The van der Waals surface area contributed by atoms with E-state index in [1.165, 1.54) is 37.0 Å². The van der Waals surface area contributed by atoms with Gasteiger partial charge in [0.2, 0.25) is 5.91 Å². The number of anilines is 1. The first-order valence-electron chi connectivity index (χ1n) is 10.7. The molecule has 1 N–H and O–H groups in total. The molecule has 1 rings (SSSR count). The van der Waals surface area contributed by atoms with Crippen molar-refractivity contribution in [3.63, 3.8) is 0 Å². The van der Waals surface area contributed by atoms with Crippen LogP contribution in [-0.2, 0) is 14.4 Å². The number of halogens is 1. The van der Waals surface area contributed by atoms with Crippen LogP contribution in [-0.4, -0.2) is 34.4 Å². The minimum Gasteiger partial charge on any atom is -0.480 e. The van der Waals surface area contributed by atoms with Gasteiger partial charge in [0.05, 0.1) is 11.4 Å². The van der Waals surface area contributed by atoms with Gasteiger partial charge >= 0.3 is 5.97 Å². The fourth-order valence-electron chi connectivity index (χ4n) is 3.35. The lowest BCUT2D eigenvalue weighted by molar-refractivity contribution is -0.136. The highest BCUT2D eigenvalue weighted by Crippen LogP contribution is 2.31. The molecular weight excluding hydrogens is 422 g/mol. The Morgan fingerprint density at radius 1 is 1.00 bits per heavy atom. The number of benzene rings is 1. The maximum atomic E-state index is 12.7. The van der Waals surface area contributed by atoms with Crippen molar-refractivity contribution in [3.05, 3.63) is 28.3 Å². The van der Waals surface area contributed by atoms with Gasteiger partial charge in [0.15, 0.2) is 5.12 Å². The van der Waals surface area contributed by atoms with Gasteiger partial charge < -0.3 is 5.11 Å². The van der Waals surface area contributed by atoms with E-state index < -0.39 is 18.4 Å². The van der Waals surface area contributed by atoms with Crippen molar-refractivity contribution in [2.75, 3.05) is 17.2 Å². The lowest BCUT2D eigenvalue weighted by atomic mass is 10.1. The number of carbonyl (C=O) groups is 3. The molecule has 1 aromatic carbocycles. The van der Waals surface area contributed by atoms with Gasteiger partial charge in [-0.2, -0.15) is 0 Å². The van der Waals surface area contributed by atoms with Crippen molar-refractivity contribution in [1.29, 1.82) is 0 Å². The fourth-order valence-corrected chi connectivity index (χ4v) is 4.23. The second kappa shape index (κ2) is 14.5. The molecule has 5 nitrogen and oxygen atoms in total. The highest BCUT2D eigenvalue weighted by Gasteiger charge is 2.23. The van der Waals surface area contributed by atoms with Crippen molar-refractivity contribution >= 4 is 46.0 Å². The summed E-state index contributed by atoms with van der Waals surface area (Å²) in [5, 5.41) is 9.70. The third-order valence-electron chi connectivity index (χ3n) is 5.02. The highest BCUT2D eigenvalue weighted by molar-refractivity contribution is 8.14. The molecular formula is C23H34ClNO4S. The van der Waals surface area contributed by atoms with Gasteiger partial charge in [-0.25, -0.2) is 0 Å². The Labute approximate surface area is 189 Å². The Balaban J connectivity index is 2.52. The Kier molecular flexibility index (Phi) is 12.8. The molecule has 0 saturated carbocycles. The average Bonchev–Trinajstić information content (AvgIpc) is 2.70. The standard InChI is InChI=1S/C23H34ClNO4S/c1-4-5-6-7-8-9-10-11-12-22(29)30-16-20(26)25(15-21(27)28)23-17(2)13-14-19(24)18(23)3/h13-14H,4-12,15-16H2,1-3H3,(H,27,28). The number of unbranched alkanes of at least 4 members (excludes halogenated alkanes) is 7. The zero-order valence-corrected chi connectivity index (χ0v) is 19.9. The average molecular weight is 456 g/mol. The molecule has 0 fully saturated rings. The molecule has 0 saturated heterocycles. The van der Waals surface area contributed by atoms with Gasteiger partial charge in [0.25, 0.3) is 0 Å². The van der Waals surface area contributed by atoms with Gasteiger partial charge in [-0.1, -0.05) is 81.3 Å². The van der Waals surface area contributed by atoms with E-state index in [4.69, 9.17) is 11.6 Å². The Bertz CT molecular complexity index is 723. The van der Waals surface area contributed by atoms with Crippen LogP contribution >= 0.6 is 23.4 Å². The van der Waals surface area contributed by atoms with E-state index in [1.54, 1.807) is 26.0 Å². The van der Waals surface area contributed by atoms with E-state index in [0.717, 1.165) is 36.6 Å². The van der Waals surface area contributed by atoms with Gasteiger partial charge in [-0.15, -0.1) is 0 Å². The lowest BCUT2D eigenvalue weighted by Crippen LogP contribution is -2.38. The van der Waals surface area contributed by atoms with Gasteiger partial charge in [-0.3, -0.25) is 19.3 Å². The minimum absolute atomic E-state index is 0.0239. The number of aryl methyl sites for hydroxylation is 1. The summed E-state index contributed by atoms with van der Waals surface area (Å²) in [4.78, 5) is 37.4. The van der Waals surface area contributed by atoms with Crippen LogP contribution in [0.5, 0.6) is 0 Å². The molecule has 1 aromatic rings. The molecule has 168 valence electrons. The number of hydrogen-bond acceptors (Lipinski definition) is 4. The first-order valence-corrected chi connectivity index (χ1v) is 12.1. The number of thioether (sulfide) groups is 1. The summed E-state index contributed by atoms with van der Waals surface area (Å²) in [6.07, 6.45) is 9.72. The lowest BCUT2D eigenvalue weighted by Gasteiger charge is -2.25. The van der Waals surface area contributed by atoms with Crippen molar-refractivity contribution in [2.24, 2.45) is 0 Å². The van der Waals surface area contributed by atoms with E-state index in [-0.39, 0.29) is 10.9 Å². The molecule has 0 radical (unpaired) electrons. The monoisotopic (exact) mass is 455 g/mol. The molecule has 0 aliphatic heterocycles. The maximum absolute atomic E-state index is 12.7. The molecule has 0 aliphatic rings. The SMILES string of the molecule is CCCCCCCCCCC(=O)SCC(=O)N(CC(=O)O)c1c(C)ccc(Cl)c1C. The zero-order chi connectivity index (χ0) is 22.5. The third-order valence-corrected chi connectivity index (χ3v) is 6.35. The van der Waals surface area contributed by atoms with E-state index >= 15 is 0 Å². The van der Waals surface area contributed by atoms with Crippen molar-refractivity contribution in [2.45, 2.75) is 78.6 Å². The largest absolute Gasteiger partial charge is 0.480 e. The van der Waals surface area contributed by atoms with Crippen LogP contribution in [0.1, 0.15) is 75.8 Å². The second-order valence-electron chi connectivity index (χ2n) is 7.60. The summed E-state index contributed by atoms with van der Waals surface area (Å²) in [5.41, 5.74) is 1.93.